The molecule has 3 N–H and O–H groups in total. The average Bonchev–Trinajstić information content (AvgIpc) is 3.06. The van der Waals surface area contributed by atoms with Crippen LogP contribution in [0.5, 0.6) is 5.75 Å². The SMILES string of the molecule is CCC1(Oc2ccc(C)cc2C)C(=O)NC12CCC(Cl)C(NC(=O)C(C(=O)C(C)(C)C)N1C(=O)NC(C)(C)C1=O)C2. The highest BCUT2D eigenvalue weighted by Crippen LogP contribution is 2.49. The van der Waals surface area contributed by atoms with Crippen molar-refractivity contribution >= 4 is 41.1 Å². The van der Waals surface area contributed by atoms with Crippen molar-refractivity contribution in [3.63, 3.8) is 0 Å². The van der Waals surface area contributed by atoms with E-state index in [4.69, 9.17) is 16.3 Å². The third-order valence-corrected chi connectivity index (χ3v) is 9.19. The number of benzene rings is 1. The van der Waals surface area contributed by atoms with Crippen LogP contribution < -0.4 is 20.7 Å². The smallest absolute Gasteiger partial charge is 0.326 e. The Bertz CT molecular complexity index is 1310. The second-order valence-electron chi connectivity index (χ2n) is 13.2. The molecule has 2 saturated heterocycles. The van der Waals surface area contributed by atoms with Crippen molar-refractivity contribution in [2.75, 3.05) is 0 Å². The van der Waals surface area contributed by atoms with Gasteiger partial charge in [0.05, 0.1) is 10.9 Å². The largest absolute Gasteiger partial charge is 0.475 e. The number of imide groups is 1. The van der Waals surface area contributed by atoms with Gasteiger partial charge in [-0.2, -0.15) is 0 Å². The highest BCUT2D eigenvalue weighted by atomic mass is 35.5. The minimum atomic E-state index is -1.68. The zero-order valence-corrected chi connectivity index (χ0v) is 25.8. The Morgan fingerprint density at radius 1 is 1.17 bits per heavy atom. The van der Waals surface area contributed by atoms with E-state index in [0.717, 1.165) is 16.0 Å². The fourth-order valence-corrected chi connectivity index (χ4v) is 6.50. The van der Waals surface area contributed by atoms with Crippen molar-refractivity contribution in [2.45, 2.75) is 115 Å². The van der Waals surface area contributed by atoms with E-state index >= 15 is 0 Å². The summed E-state index contributed by atoms with van der Waals surface area (Å²) < 4.78 is 6.50. The van der Waals surface area contributed by atoms with E-state index in [9.17, 15) is 24.0 Å². The fraction of sp³-hybridized carbons (Fsp3) is 0.633. The molecule has 41 heavy (non-hydrogen) atoms. The van der Waals surface area contributed by atoms with Crippen LogP contribution in [0.15, 0.2) is 18.2 Å². The van der Waals surface area contributed by atoms with Crippen molar-refractivity contribution in [3.8, 4) is 5.75 Å². The molecule has 0 radical (unpaired) electrons. The number of Topliss-reactive ketones (excluding diaryl/α,β-unsaturated/α-hetero) is 1. The molecule has 1 spiro atoms. The highest BCUT2D eigenvalue weighted by Gasteiger charge is 2.69. The number of halogens is 1. The number of hydrogen-bond donors (Lipinski definition) is 3. The number of hydrogen-bond acceptors (Lipinski definition) is 6. The summed E-state index contributed by atoms with van der Waals surface area (Å²) in [5.41, 5.74) is -2.30. The Balaban J connectivity index is 1.63. The molecule has 2 aliphatic heterocycles. The quantitative estimate of drug-likeness (QED) is 0.194. The molecular formula is C30H41ClN4O6. The topological polar surface area (TPSA) is 134 Å². The highest BCUT2D eigenvalue weighted by molar-refractivity contribution is 6.22. The van der Waals surface area contributed by atoms with Crippen LogP contribution in [0, 0.1) is 19.3 Å². The molecule has 3 aliphatic rings. The number of nitrogens with zero attached hydrogens (tertiary/aromatic N) is 1. The van der Waals surface area contributed by atoms with E-state index in [-0.39, 0.29) is 12.3 Å². The number of ether oxygens (including phenoxy) is 1. The number of rotatable bonds is 7. The second-order valence-corrected chi connectivity index (χ2v) is 13.8. The molecule has 5 unspecified atom stereocenters. The molecule has 0 aromatic heterocycles. The van der Waals surface area contributed by atoms with Gasteiger partial charge in [-0.3, -0.25) is 19.2 Å². The van der Waals surface area contributed by atoms with Crippen LogP contribution in [0.25, 0.3) is 0 Å². The number of carbonyl (C=O) groups excluding carboxylic acids is 5. The zero-order chi connectivity index (χ0) is 30.7. The number of carbonyl (C=O) groups is 5. The number of urea groups is 1. The van der Waals surface area contributed by atoms with Gasteiger partial charge in [0.1, 0.15) is 11.3 Å². The zero-order valence-electron chi connectivity index (χ0n) is 25.1. The van der Waals surface area contributed by atoms with Gasteiger partial charge in [0.2, 0.25) is 5.60 Å². The van der Waals surface area contributed by atoms with Crippen LogP contribution in [0.3, 0.4) is 0 Å². The average molecular weight is 589 g/mol. The van der Waals surface area contributed by atoms with Crippen molar-refractivity contribution in [3.05, 3.63) is 29.3 Å². The first-order valence-corrected chi connectivity index (χ1v) is 14.6. The summed E-state index contributed by atoms with van der Waals surface area (Å²) >= 11 is 6.73. The Kier molecular flexibility index (Phi) is 7.73. The predicted octanol–water partition coefficient (Wildman–Crippen LogP) is 3.29. The molecule has 5 atom stereocenters. The third kappa shape index (κ3) is 5.08. The Morgan fingerprint density at radius 2 is 1.83 bits per heavy atom. The Labute approximate surface area is 246 Å². The molecule has 4 rings (SSSR count). The Morgan fingerprint density at radius 3 is 2.34 bits per heavy atom. The van der Waals surface area contributed by atoms with Gasteiger partial charge in [-0.25, -0.2) is 9.69 Å². The minimum Gasteiger partial charge on any atom is -0.475 e. The van der Waals surface area contributed by atoms with Gasteiger partial charge in [-0.1, -0.05) is 45.4 Å². The summed E-state index contributed by atoms with van der Waals surface area (Å²) in [7, 11) is 0. The van der Waals surface area contributed by atoms with Gasteiger partial charge in [-0.15, -0.1) is 11.6 Å². The first kappa shape index (κ1) is 30.8. The van der Waals surface area contributed by atoms with Crippen molar-refractivity contribution in [2.24, 2.45) is 5.41 Å². The normalized spacial score (nSPS) is 29.9. The standard InChI is InChI=1S/C30H41ClN4O6/c1-9-30(41-20-11-10-16(2)14-17(20)3)24(38)33-29(30)13-12-18(31)19(15-29)32-23(37)21(22(36)27(4,5)6)35-25(39)28(7,8)34-26(35)40/h10-11,14,18-19,21H,9,12-13,15H2,1-8H3,(H,32,37)(H,33,38)(H,34,40). The minimum absolute atomic E-state index is 0.236. The molecule has 3 fully saturated rings. The van der Waals surface area contributed by atoms with Crippen molar-refractivity contribution in [1.82, 2.24) is 20.9 Å². The van der Waals surface area contributed by atoms with Crippen LogP contribution in [0.4, 0.5) is 4.79 Å². The van der Waals surface area contributed by atoms with E-state index in [1.165, 1.54) is 13.8 Å². The molecule has 10 nitrogen and oxygen atoms in total. The van der Waals surface area contributed by atoms with Gasteiger partial charge in [-0.05, 0) is 65.0 Å². The lowest BCUT2D eigenvalue weighted by Gasteiger charge is -2.60. The monoisotopic (exact) mass is 588 g/mol. The first-order chi connectivity index (χ1) is 18.9. The fourth-order valence-electron chi connectivity index (χ4n) is 6.24. The number of nitrogens with one attached hydrogen (secondary N) is 3. The van der Waals surface area contributed by atoms with Gasteiger partial charge >= 0.3 is 6.03 Å². The van der Waals surface area contributed by atoms with E-state index in [1.54, 1.807) is 20.8 Å². The molecule has 1 aromatic carbocycles. The molecule has 2 heterocycles. The summed E-state index contributed by atoms with van der Waals surface area (Å²) in [6.07, 6.45) is 1.63. The Hall–Kier alpha value is -3.14. The molecule has 5 amide bonds. The van der Waals surface area contributed by atoms with Crippen LogP contribution >= 0.6 is 11.6 Å². The van der Waals surface area contributed by atoms with E-state index in [1.807, 2.05) is 39.0 Å². The first-order valence-electron chi connectivity index (χ1n) is 14.1. The van der Waals surface area contributed by atoms with Crippen LogP contribution in [-0.4, -0.2) is 68.6 Å². The lowest BCUT2D eigenvalue weighted by atomic mass is 9.61. The molecule has 1 saturated carbocycles. The predicted molar refractivity (Wildman–Crippen MR) is 154 cm³/mol. The summed E-state index contributed by atoms with van der Waals surface area (Å²) in [4.78, 5) is 67.2. The van der Waals surface area contributed by atoms with Crippen LogP contribution in [0.1, 0.15) is 78.4 Å². The third-order valence-electron chi connectivity index (χ3n) is 8.67. The van der Waals surface area contributed by atoms with Crippen LogP contribution in [-0.2, 0) is 19.2 Å². The number of ketones is 1. The lowest BCUT2D eigenvalue weighted by Crippen LogP contribution is -2.85. The number of amides is 5. The van der Waals surface area contributed by atoms with Crippen molar-refractivity contribution in [1.29, 1.82) is 0 Å². The second kappa shape index (κ2) is 10.3. The molecule has 1 aliphatic carbocycles. The van der Waals surface area contributed by atoms with Gasteiger partial charge in [0, 0.05) is 11.5 Å². The van der Waals surface area contributed by atoms with E-state index in [0.29, 0.717) is 25.0 Å². The summed E-state index contributed by atoms with van der Waals surface area (Å²) in [5.74, 6) is -1.66. The number of alkyl halides is 1. The van der Waals surface area contributed by atoms with E-state index < -0.39 is 63.2 Å². The van der Waals surface area contributed by atoms with Crippen LogP contribution in [0.2, 0.25) is 0 Å². The molecular weight excluding hydrogens is 548 g/mol. The molecule has 1 aromatic rings. The molecule has 224 valence electrons. The maximum Gasteiger partial charge on any atom is 0.326 e. The summed E-state index contributed by atoms with van der Waals surface area (Å²) in [6.45, 7) is 13.7. The van der Waals surface area contributed by atoms with Crippen molar-refractivity contribution < 1.29 is 28.7 Å². The summed E-state index contributed by atoms with van der Waals surface area (Å²) in [6, 6.07) is 2.62. The molecule has 0 bridgehead atoms. The maximum absolute atomic E-state index is 13.8. The maximum atomic E-state index is 13.8. The lowest BCUT2D eigenvalue weighted by molar-refractivity contribution is -0.176. The van der Waals surface area contributed by atoms with E-state index in [2.05, 4.69) is 16.0 Å². The molecule has 11 heteroatoms. The van der Waals surface area contributed by atoms with Gasteiger partial charge < -0.3 is 20.7 Å². The van der Waals surface area contributed by atoms with Gasteiger partial charge in [0.25, 0.3) is 17.7 Å². The summed E-state index contributed by atoms with van der Waals surface area (Å²) in [5, 5.41) is 7.98. The van der Waals surface area contributed by atoms with Gasteiger partial charge in [0.15, 0.2) is 11.8 Å². The number of β-lactam (4-membered cyclic amide) rings is 1. The number of aryl methyl sites for hydroxylation is 2.